The highest BCUT2D eigenvalue weighted by Crippen LogP contribution is 2.44. The molecule has 0 bridgehead atoms. The number of carbonyl (C=O) groups is 1. The molecule has 0 spiro atoms. The highest BCUT2D eigenvalue weighted by Gasteiger charge is 2.33. The third kappa shape index (κ3) is 5.29. The SMILES string of the molecule is O=C(NCCC#Cc1cc(Cl)nc(C(F)(F)F)c1)OCC1c2ccccc2-c2ccccc21. The Morgan fingerprint density at radius 3 is 2.33 bits per heavy atom. The molecule has 0 fully saturated rings. The number of fused-ring (bicyclic) bond motifs is 3. The van der Waals surface area contributed by atoms with Crippen molar-refractivity contribution in [3.8, 4) is 23.0 Å². The van der Waals surface area contributed by atoms with Crippen molar-refractivity contribution in [3.63, 3.8) is 0 Å². The van der Waals surface area contributed by atoms with E-state index in [2.05, 4.69) is 34.3 Å². The minimum atomic E-state index is -4.60. The fourth-order valence-electron chi connectivity index (χ4n) is 3.76. The van der Waals surface area contributed by atoms with Crippen molar-refractivity contribution in [2.75, 3.05) is 13.2 Å². The van der Waals surface area contributed by atoms with E-state index in [0.717, 1.165) is 28.3 Å². The quantitative estimate of drug-likeness (QED) is 0.287. The number of alkyl halides is 3. The van der Waals surface area contributed by atoms with Crippen LogP contribution in [0.3, 0.4) is 0 Å². The normalized spacial score (nSPS) is 12.4. The predicted octanol–water partition coefficient (Wildman–Crippen LogP) is 6.03. The number of benzene rings is 2. The van der Waals surface area contributed by atoms with E-state index in [9.17, 15) is 18.0 Å². The summed E-state index contributed by atoms with van der Waals surface area (Å²) in [6.07, 6.45) is -4.96. The lowest BCUT2D eigenvalue weighted by Crippen LogP contribution is -2.26. The number of aromatic nitrogens is 1. The largest absolute Gasteiger partial charge is 0.449 e. The number of rotatable bonds is 4. The molecule has 2 aromatic carbocycles. The molecular weight excluding hydrogens is 453 g/mol. The van der Waals surface area contributed by atoms with E-state index in [1.807, 2.05) is 36.4 Å². The minimum Gasteiger partial charge on any atom is -0.449 e. The van der Waals surface area contributed by atoms with Gasteiger partial charge in [-0.2, -0.15) is 13.2 Å². The average Bonchev–Trinajstić information content (AvgIpc) is 3.10. The van der Waals surface area contributed by atoms with Crippen LogP contribution >= 0.6 is 11.6 Å². The van der Waals surface area contributed by atoms with Gasteiger partial charge in [0.05, 0.1) is 0 Å². The van der Waals surface area contributed by atoms with Crippen LogP contribution in [-0.4, -0.2) is 24.2 Å². The number of amides is 1. The highest BCUT2D eigenvalue weighted by molar-refractivity contribution is 6.29. The molecule has 1 aliphatic carbocycles. The van der Waals surface area contributed by atoms with Gasteiger partial charge in [-0.1, -0.05) is 72.0 Å². The molecule has 0 unspecified atom stereocenters. The van der Waals surface area contributed by atoms with E-state index in [1.54, 1.807) is 0 Å². The highest BCUT2D eigenvalue weighted by atomic mass is 35.5. The topological polar surface area (TPSA) is 51.2 Å². The Morgan fingerprint density at radius 1 is 1.06 bits per heavy atom. The third-order valence-electron chi connectivity index (χ3n) is 5.18. The lowest BCUT2D eigenvalue weighted by Gasteiger charge is -2.14. The summed E-state index contributed by atoms with van der Waals surface area (Å²) in [5.41, 5.74) is 3.52. The summed E-state index contributed by atoms with van der Waals surface area (Å²) in [6, 6.07) is 18.2. The first-order chi connectivity index (χ1) is 15.8. The van der Waals surface area contributed by atoms with E-state index in [-0.39, 0.29) is 36.2 Å². The molecule has 1 aromatic heterocycles. The zero-order valence-corrected chi connectivity index (χ0v) is 18.0. The smallest absolute Gasteiger partial charge is 0.433 e. The second kappa shape index (κ2) is 9.55. The van der Waals surface area contributed by atoms with Gasteiger partial charge in [0, 0.05) is 24.4 Å². The van der Waals surface area contributed by atoms with Crippen molar-refractivity contribution in [1.82, 2.24) is 10.3 Å². The van der Waals surface area contributed by atoms with Gasteiger partial charge < -0.3 is 10.1 Å². The van der Waals surface area contributed by atoms with Crippen LogP contribution in [-0.2, 0) is 10.9 Å². The van der Waals surface area contributed by atoms with Crippen LogP contribution < -0.4 is 5.32 Å². The lowest BCUT2D eigenvalue weighted by atomic mass is 9.98. The van der Waals surface area contributed by atoms with Crippen LogP contribution in [0.25, 0.3) is 11.1 Å². The van der Waals surface area contributed by atoms with Crippen LogP contribution in [0.2, 0.25) is 5.15 Å². The van der Waals surface area contributed by atoms with Crippen molar-refractivity contribution in [1.29, 1.82) is 0 Å². The van der Waals surface area contributed by atoms with Crippen LogP contribution in [0.1, 0.15) is 34.7 Å². The minimum absolute atomic E-state index is 0.0396. The molecule has 3 aromatic rings. The Labute approximate surface area is 193 Å². The third-order valence-corrected chi connectivity index (χ3v) is 5.37. The van der Waals surface area contributed by atoms with Crippen molar-refractivity contribution in [3.05, 3.63) is 88.2 Å². The number of carbonyl (C=O) groups excluding carboxylic acids is 1. The average molecular weight is 471 g/mol. The van der Waals surface area contributed by atoms with Crippen LogP contribution in [0, 0.1) is 11.8 Å². The van der Waals surface area contributed by atoms with E-state index < -0.39 is 18.0 Å². The molecule has 4 nitrogen and oxygen atoms in total. The number of nitrogens with one attached hydrogen (secondary N) is 1. The first kappa shape index (κ1) is 22.7. The van der Waals surface area contributed by atoms with Gasteiger partial charge in [0.1, 0.15) is 17.5 Å². The van der Waals surface area contributed by atoms with Gasteiger partial charge in [-0.3, -0.25) is 0 Å². The molecule has 1 aliphatic rings. The fourth-order valence-corrected chi connectivity index (χ4v) is 3.96. The summed E-state index contributed by atoms with van der Waals surface area (Å²) < 4.78 is 43.8. The first-order valence-electron chi connectivity index (χ1n) is 10.2. The molecule has 1 N–H and O–H groups in total. The molecule has 168 valence electrons. The van der Waals surface area contributed by atoms with Crippen LogP contribution in [0.5, 0.6) is 0 Å². The van der Waals surface area contributed by atoms with Crippen LogP contribution in [0.15, 0.2) is 60.7 Å². The molecule has 1 heterocycles. The first-order valence-corrected chi connectivity index (χ1v) is 10.5. The van der Waals surface area contributed by atoms with Crippen molar-refractivity contribution in [2.45, 2.75) is 18.5 Å². The monoisotopic (exact) mass is 470 g/mol. The standard InChI is InChI=1S/C25H18ClF3N2O2/c26-23-14-16(13-22(31-23)25(27,28)29)7-5-6-12-30-24(32)33-15-21-19-10-3-1-8-17(19)18-9-2-4-11-20(18)21/h1-4,8-11,13-14,21H,6,12,15H2,(H,30,32). The van der Waals surface area contributed by atoms with Gasteiger partial charge in [0.15, 0.2) is 0 Å². The van der Waals surface area contributed by atoms with Gasteiger partial charge >= 0.3 is 12.3 Å². The Morgan fingerprint density at radius 2 is 1.70 bits per heavy atom. The second-order valence-electron chi connectivity index (χ2n) is 7.37. The van der Waals surface area contributed by atoms with Crippen molar-refractivity contribution >= 4 is 17.7 Å². The van der Waals surface area contributed by atoms with E-state index in [0.29, 0.717) is 0 Å². The maximum absolute atomic E-state index is 12.8. The Kier molecular flexibility index (Phi) is 6.57. The molecule has 1 amide bonds. The number of halogens is 4. The molecule has 0 radical (unpaired) electrons. The molecule has 0 atom stereocenters. The predicted molar refractivity (Wildman–Crippen MR) is 119 cm³/mol. The molecule has 0 saturated heterocycles. The maximum atomic E-state index is 12.8. The summed E-state index contributed by atoms with van der Waals surface area (Å²) in [7, 11) is 0. The molecule has 0 aliphatic heterocycles. The molecular formula is C25H18ClF3N2O2. The molecule has 8 heteroatoms. The number of nitrogens with zero attached hydrogens (tertiary/aromatic N) is 1. The van der Waals surface area contributed by atoms with Gasteiger partial charge in [-0.15, -0.1) is 0 Å². The number of ether oxygens (including phenoxy) is 1. The molecule has 33 heavy (non-hydrogen) atoms. The summed E-state index contributed by atoms with van der Waals surface area (Å²) in [5, 5.41) is 2.32. The summed E-state index contributed by atoms with van der Waals surface area (Å²) >= 11 is 5.64. The number of pyridine rings is 1. The lowest BCUT2D eigenvalue weighted by molar-refractivity contribution is -0.141. The summed E-state index contributed by atoms with van der Waals surface area (Å²) in [4.78, 5) is 15.4. The van der Waals surface area contributed by atoms with Gasteiger partial charge in [-0.05, 0) is 34.4 Å². The van der Waals surface area contributed by atoms with E-state index >= 15 is 0 Å². The zero-order valence-electron chi connectivity index (χ0n) is 17.2. The summed E-state index contributed by atoms with van der Waals surface area (Å²) in [6.45, 7) is 0.385. The Bertz CT molecular complexity index is 1200. The van der Waals surface area contributed by atoms with Gasteiger partial charge in [0.25, 0.3) is 0 Å². The van der Waals surface area contributed by atoms with Gasteiger partial charge in [0.2, 0.25) is 0 Å². The van der Waals surface area contributed by atoms with E-state index in [1.165, 1.54) is 6.07 Å². The van der Waals surface area contributed by atoms with Crippen molar-refractivity contribution < 1.29 is 22.7 Å². The van der Waals surface area contributed by atoms with Crippen molar-refractivity contribution in [2.24, 2.45) is 0 Å². The molecule has 4 rings (SSSR count). The number of hydrogen-bond donors (Lipinski definition) is 1. The van der Waals surface area contributed by atoms with Gasteiger partial charge in [-0.25, -0.2) is 9.78 Å². The van der Waals surface area contributed by atoms with E-state index in [4.69, 9.17) is 16.3 Å². The van der Waals surface area contributed by atoms with Crippen LogP contribution in [0.4, 0.5) is 18.0 Å². The fraction of sp³-hybridized carbons (Fsp3) is 0.200. The number of hydrogen-bond acceptors (Lipinski definition) is 3. The molecule has 0 saturated carbocycles. The maximum Gasteiger partial charge on any atom is 0.433 e. The summed E-state index contributed by atoms with van der Waals surface area (Å²) in [5.74, 6) is 5.28. The number of alkyl carbamates (subject to hydrolysis) is 1. The Hall–Kier alpha value is -3.50. The zero-order chi connectivity index (χ0) is 23.4. The second-order valence-corrected chi connectivity index (χ2v) is 7.75. The Balaban J connectivity index is 1.29.